The Morgan fingerprint density at radius 3 is 3.00 bits per heavy atom. The SMILES string of the molecule is Cl.NC1CCCC1C(=O)N1CCc2sccc2C1. The topological polar surface area (TPSA) is 46.3 Å². The van der Waals surface area contributed by atoms with Crippen LogP contribution in [0.4, 0.5) is 0 Å². The summed E-state index contributed by atoms with van der Waals surface area (Å²) in [6.07, 6.45) is 4.11. The van der Waals surface area contributed by atoms with Gasteiger partial charge in [-0.15, -0.1) is 23.7 Å². The largest absolute Gasteiger partial charge is 0.338 e. The van der Waals surface area contributed by atoms with Crippen molar-refractivity contribution in [2.75, 3.05) is 6.54 Å². The molecule has 5 heteroatoms. The lowest BCUT2D eigenvalue weighted by Gasteiger charge is -2.30. The van der Waals surface area contributed by atoms with Crippen molar-refractivity contribution in [3.63, 3.8) is 0 Å². The van der Waals surface area contributed by atoms with Crippen molar-refractivity contribution in [3.05, 3.63) is 21.9 Å². The van der Waals surface area contributed by atoms with Crippen molar-refractivity contribution in [1.82, 2.24) is 4.90 Å². The lowest BCUT2D eigenvalue weighted by Crippen LogP contribution is -2.43. The van der Waals surface area contributed by atoms with Gasteiger partial charge in [0.1, 0.15) is 0 Å². The number of rotatable bonds is 1. The summed E-state index contributed by atoms with van der Waals surface area (Å²) in [5.41, 5.74) is 7.35. The molecule has 2 N–H and O–H groups in total. The standard InChI is InChI=1S/C13H18N2OS.ClH/c14-11-3-1-2-10(11)13(16)15-6-4-12-9(8-15)5-7-17-12;/h5,7,10-11H,1-4,6,8,14H2;1H. The van der Waals surface area contributed by atoms with E-state index >= 15 is 0 Å². The van der Waals surface area contributed by atoms with Gasteiger partial charge in [-0.1, -0.05) is 6.42 Å². The second-order valence-electron chi connectivity index (χ2n) is 5.08. The molecule has 3 nitrogen and oxygen atoms in total. The highest BCUT2D eigenvalue weighted by Gasteiger charge is 2.34. The maximum absolute atomic E-state index is 12.4. The molecule has 0 aromatic carbocycles. The molecule has 1 aromatic heterocycles. The fourth-order valence-electron chi connectivity index (χ4n) is 2.97. The summed E-state index contributed by atoms with van der Waals surface area (Å²) in [7, 11) is 0. The van der Waals surface area contributed by atoms with Gasteiger partial charge in [0.25, 0.3) is 0 Å². The average molecular weight is 287 g/mol. The summed E-state index contributed by atoms with van der Waals surface area (Å²) < 4.78 is 0. The minimum Gasteiger partial charge on any atom is -0.338 e. The Balaban J connectivity index is 0.00000120. The van der Waals surface area contributed by atoms with Crippen LogP contribution < -0.4 is 5.73 Å². The minimum atomic E-state index is 0. The first kappa shape index (κ1) is 13.8. The Bertz CT molecular complexity index is 434. The molecule has 2 aliphatic rings. The zero-order chi connectivity index (χ0) is 11.8. The molecule has 0 saturated heterocycles. The number of halogens is 1. The van der Waals surface area contributed by atoms with E-state index in [9.17, 15) is 4.79 Å². The molecule has 0 spiro atoms. The van der Waals surface area contributed by atoms with E-state index in [1.165, 1.54) is 10.4 Å². The number of thiophene rings is 1. The smallest absolute Gasteiger partial charge is 0.227 e. The normalized spacial score (nSPS) is 26.6. The van der Waals surface area contributed by atoms with Crippen molar-refractivity contribution in [2.45, 2.75) is 38.3 Å². The number of nitrogens with zero attached hydrogens (tertiary/aromatic N) is 1. The zero-order valence-electron chi connectivity index (χ0n) is 10.3. The average Bonchev–Trinajstić information content (AvgIpc) is 2.95. The Kier molecular flexibility index (Phi) is 4.30. The highest BCUT2D eigenvalue weighted by atomic mass is 35.5. The first-order valence-corrected chi connectivity index (χ1v) is 7.23. The Hall–Kier alpha value is -0.580. The molecular formula is C13H19ClN2OS. The molecule has 100 valence electrons. The quantitative estimate of drug-likeness (QED) is 0.860. The van der Waals surface area contributed by atoms with E-state index in [4.69, 9.17) is 5.73 Å². The summed E-state index contributed by atoms with van der Waals surface area (Å²) in [6.45, 7) is 1.66. The fraction of sp³-hybridized carbons (Fsp3) is 0.615. The molecule has 1 aliphatic carbocycles. The van der Waals surface area contributed by atoms with E-state index in [0.717, 1.165) is 38.8 Å². The van der Waals surface area contributed by atoms with Crippen LogP contribution in [-0.4, -0.2) is 23.4 Å². The van der Waals surface area contributed by atoms with Crippen molar-refractivity contribution < 1.29 is 4.79 Å². The van der Waals surface area contributed by atoms with E-state index in [1.807, 2.05) is 16.2 Å². The van der Waals surface area contributed by atoms with Crippen LogP contribution in [-0.2, 0) is 17.8 Å². The number of amides is 1. The van der Waals surface area contributed by atoms with Crippen molar-refractivity contribution in [3.8, 4) is 0 Å². The van der Waals surface area contributed by atoms with Crippen LogP contribution in [0.1, 0.15) is 29.7 Å². The fourth-order valence-corrected chi connectivity index (χ4v) is 3.86. The zero-order valence-corrected chi connectivity index (χ0v) is 11.9. The molecule has 18 heavy (non-hydrogen) atoms. The summed E-state index contributed by atoms with van der Waals surface area (Å²) in [5, 5.41) is 2.12. The van der Waals surface area contributed by atoms with Gasteiger partial charge in [0.2, 0.25) is 5.91 Å². The van der Waals surface area contributed by atoms with Crippen LogP contribution in [0.15, 0.2) is 11.4 Å². The summed E-state index contributed by atoms with van der Waals surface area (Å²) in [4.78, 5) is 15.8. The van der Waals surface area contributed by atoms with E-state index in [-0.39, 0.29) is 30.3 Å². The van der Waals surface area contributed by atoms with Gasteiger partial charge < -0.3 is 10.6 Å². The third-order valence-corrected chi connectivity index (χ3v) is 5.03. The lowest BCUT2D eigenvalue weighted by atomic mass is 10.0. The highest BCUT2D eigenvalue weighted by molar-refractivity contribution is 7.10. The van der Waals surface area contributed by atoms with Crippen molar-refractivity contribution >= 4 is 29.7 Å². The van der Waals surface area contributed by atoms with Gasteiger partial charge in [0.05, 0.1) is 5.92 Å². The molecule has 3 rings (SSSR count). The van der Waals surface area contributed by atoms with E-state index < -0.39 is 0 Å². The van der Waals surface area contributed by atoms with Crippen LogP contribution in [0.5, 0.6) is 0 Å². The Morgan fingerprint density at radius 1 is 1.44 bits per heavy atom. The van der Waals surface area contributed by atoms with Crippen LogP contribution in [0.3, 0.4) is 0 Å². The first-order valence-electron chi connectivity index (χ1n) is 6.35. The van der Waals surface area contributed by atoms with Gasteiger partial charge in [-0.25, -0.2) is 0 Å². The maximum Gasteiger partial charge on any atom is 0.227 e. The molecule has 1 aromatic rings. The van der Waals surface area contributed by atoms with E-state index in [1.54, 1.807) is 0 Å². The molecule has 1 fully saturated rings. The summed E-state index contributed by atoms with van der Waals surface area (Å²) in [5.74, 6) is 0.363. The number of hydrogen-bond donors (Lipinski definition) is 1. The molecule has 2 unspecified atom stereocenters. The third kappa shape index (κ3) is 2.42. The monoisotopic (exact) mass is 286 g/mol. The molecule has 2 atom stereocenters. The number of fused-ring (bicyclic) bond motifs is 1. The van der Waals surface area contributed by atoms with E-state index in [0.29, 0.717) is 0 Å². The highest BCUT2D eigenvalue weighted by Crippen LogP contribution is 2.29. The second kappa shape index (κ2) is 5.59. The Morgan fingerprint density at radius 2 is 2.28 bits per heavy atom. The first-order chi connectivity index (χ1) is 8.25. The number of carbonyl (C=O) groups excluding carboxylic acids is 1. The molecule has 1 saturated carbocycles. The predicted molar refractivity (Wildman–Crippen MR) is 76.0 cm³/mol. The van der Waals surface area contributed by atoms with Gasteiger partial charge in [-0.2, -0.15) is 0 Å². The minimum absolute atomic E-state index is 0. The number of carbonyl (C=O) groups is 1. The van der Waals surface area contributed by atoms with Crippen molar-refractivity contribution in [2.24, 2.45) is 11.7 Å². The number of nitrogens with two attached hydrogens (primary N) is 1. The van der Waals surface area contributed by atoms with Crippen LogP contribution in [0, 0.1) is 5.92 Å². The number of hydrogen-bond acceptors (Lipinski definition) is 3. The Labute approximate surface area is 118 Å². The second-order valence-corrected chi connectivity index (χ2v) is 6.08. The van der Waals surface area contributed by atoms with Gasteiger partial charge >= 0.3 is 0 Å². The van der Waals surface area contributed by atoms with Gasteiger partial charge in [-0.3, -0.25) is 4.79 Å². The van der Waals surface area contributed by atoms with Crippen LogP contribution in [0.2, 0.25) is 0 Å². The lowest BCUT2D eigenvalue weighted by molar-refractivity contribution is -0.136. The van der Waals surface area contributed by atoms with Crippen LogP contribution in [0.25, 0.3) is 0 Å². The van der Waals surface area contributed by atoms with Gasteiger partial charge in [0.15, 0.2) is 0 Å². The predicted octanol–water partition coefficient (Wildman–Crippen LogP) is 2.18. The van der Waals surface area contributed by atoms with Crippen LogP contribution >= 0.6 is 23.7 Å². The van der Waals surface area contributed by atoms with Crippen molar-refractivity contribution in [1.29, 1.82) is 0 Å². The third-order valence-electron chi connectivity index (χ3n) is 4.01. The molecule has 0 bridgehead atoms. The molecule has 2 heterocycles. The van der Waals surface area contributed by atoms with Gasteiger partial charge in [-0.05, 0) is 36.3 Å². The molecule has 0 radical (unpaired) electrons. The summed E-state index contributed by atoms with van der Waals surface area (Å²) in [6, 6.07) is 2.24. The summed E-state index contributed by atoms with van der Waals surface area (Å²) >= 11 is 1.81. The maximum atomic E-state index is 12.4. The molecule has 1 aliphatic heterocycles. The van der Waals surface area contributed by atoms with E-state index in [2.05, 4.69) is 11.4 Å². The molecule has 1 amide bonds. The van der Waals surface area contributed by atoms with Gasteiger partial charge in [0, 0.05) is 24.0 Å². The molecular weight excluding hydrogens is 268 g/mol.